The molecule has 2 heterocycles. The summed E-state index contributed by atoms with van der Waals surface area (Å²) >= 11 is 0. The molecule has 2 aliphatic rings. The average molecular weight is 519 g/mol. The quantitative estimate of drug-likeness (QED) is 0.361. The van der Waals surface area contributed by atoms with Gasteiger partial charge in [-0.15, -0.1) is 0 Å². The van der Waals surface area contributed by atoms with Crippen LogP contribution < -0.4 is 28.7 Å². The Bertz CT molecular complexity index is 1390. The smallest absolute Gasteiger partial charge is 0.203 e. The number of methoxy groups -OCH3 is 4. The van der Waals surface area contributed by atoms with Crippen molar-refractivity contribution in [3.63, 3.8) is 0 Å². The predicted molar refractivity (Wildman–Crippen MR) is 146 cm³/mol. The van der Waals surface area contributed by atoms with Crippen molar-refractivity contribution in [1.82, 2.24) is 0 Å². The van der Waals surface area contributed by atoms with Gasteiger partial charge < -0.3 is 23.7 Å². The number of rotatable bonds is 7. The molecule has 2 aliphatic heterocycles. The van der Waals surface area contributed by atoms with Gasteiger partial charge in [-0.1, -0.05) is 0 Å². The standard InChI is InChI=1S/C30H31FN2O5/c1-30(2)14-13-22-25(34-3)12-11-21(28(22)38-30)23-17-24(33(32-23)20-9-7-19(31)8-10-20)18-15-26(35-4)29(37-6)27(16-18)36-5/h7-16,24H,17H2,1-6H3. The fourth-order valence-electron chi connectivity index (χ4n) is 4.89. The molecule has 0 saturated carbocycles. The van der Waals surface area contributed by atoms with E-state index in [0.29, 0.717) is 23.7 Å². The topological polar surface area (TPSA) is 61.8 Å². The van der Waals surface area contributed by atoms with Gasteiger partial charge in [0.1, 0.15) is 22.9 Å². The highest BCUT2D eigenvalue weighted by Gasteiger charge is 2.35. The van der Waals surface area contributed by atoms with Crippen LogP contribution in [0, 0.1) is 5.82 Å². The average Bonchev–Trinajstić information content (AvgIpc) is 3.36. The number of fused-ring (bicyclic) bond motifs is 1. The summed E-state index contributed by atoms with van der Waals surface area (Å²) < 4.78 is 42.6. The van der Waals surface area contributed by atoms with Crippen molar-refractivity contribution in [3.8, 4) is 28.7 Å². The number of halogens is 1. The third-order valence-electron chi connectivity index (χ3n) is 6.78. The summed E-state index contributed by atoms with van der Waals surface area (Å²) in [5.41, 5.74) is 3.75. The summed E-state index contributed by atoms with van der Waals surface area (Å²) in [5.74, 6) is 2.75. The Hall–Kier alpha value is -4.20. The molecule has 0 aromatic heterocycles. The number of ether oxygens (including phenoxy) is 5. The molecule has 3 aromatic carbocycles. The molecule has 0 aliphatic carbocycles. The first kappa shape index (κ1) is 25.4. The van der Waals surface area contributed by atoms with Crippen LogP contribution in [0.5, 0.6) is 28.7 Å². The summed E-state index contributed by atoms with van der Waals surface area (Å²) in [6.07, 6.45) is 4.61. The van der Waals surface area contributed by atoms with E-state index in [1.165, 1.54) is 12.1 Å². The first-order valence-electron chi connectivity index (χ1n) is 12.3. The second-order valence-corrected chi connectivity index (χ2v) is 9.64. The highest BCUT2D eigenvalue weighted by Crippen LogP contribution is 2.46. The largest absolute Gasteiger partial charge is 0.496 e. The van der Waals surface area contributed by atoms with Gasteiger partial charge in [0, 0.05) is 12.0 Å². The monoisotopic (exact) mass is 518 g/mol. The fraction of sp³-hybridized carbons (Fsp3) is 0.300. The van der Waals surface area contributed by atoms with E-state index in [9.17, 15) is 4.39 Å². The summed E-state index contributed by atoms with van der Waals surface area (Å²) in [6.45, 7) is 4.02. The number of hydrazone groups is 1. The molecule has 8 heteroatoms. The van der Waals surface area contributed by atoms with Crippen molar-refractivity contribution in [2.45, 2.75) is 31.9 Å². The molecule has 0 fully saturated rings. The first-order chi connectivity index (χ1) is 18.3. The van der Waals surface area contributed by atoms with E-state index in [2.05, 4.69) is 0 Å². The number of anilines is 1. The molecule has 0 N–H and O–H groups in total. The van der Waals surface area contributed by atoms with Crippen LogP contribution in [0.3, 0.4) is 0 Å². The van der Waals surface area contributed by atoms with Crippen molar-refractivity contribution in [2.24, 2.45) is 5.10 Å². The van der Waals surface area contributed by atoms with Gasteiger partial charge in [-0.25, -0.2) is 4.39 Å². The lowest BCUT2D eigenvalue weighted by Crippen LogP contribution is -2.28. The maximum Gasteiger partial charge on any atom is 0.203 e. The maximum absolute atomic E-state index is 13.8. The number of benzene rings is 3. The van der Waals surface area contributed by atoms with Gasteiger partial charge in [0.05, 0.1) is 51.4 Å². The molecule has 1 atom stereocenters. The highest BCUT2D eigenvalue weighted by molar-refractivity contribution is 6.06. The van der Waals surface area contributed by atoms with Gasteiger partial charge in [0.25, 0.3) is 0 Å². The second kappa shape index (κ2) is 9.93. The molecule has 0 bridgehead atoms. The van der Waals surface area contributed by atoms with Gasteiger partial charge in [-0.3, -0.25) is 5.01 Å². The predicted octanol–water partition coefficient (Wildman–Crippen LogP) is 6.40. The first-order valence-corrected chi connectivity index (χ1v) is 12.3. The van der Waals surface area contributed by atoms with Crippen molar-refractivity contribution in [2.75, 3.05) is 33.4 Å². The van der Waals surface area contributed by atoms with Crippen LogP contribution in [0.4, 0.5) is 10.1 Å². The minimum absolute atomic E-state index is 0.228. The summed E-state index contributed by atoms with van der Waals surface area (Å²) in [6, 6.07) is 13.8. The Kier molecular flexibility index (Phi) is 6.65. The Morgan fingerprint density at radius 3 is 2.16 bits per heavy atom. The zero-order valence-corrected chi connectivity index (χ0v) is 22.4. The van der Waals surface area contributed by atoms with Gasteiger partial charge in [0.15, 0.2) is 11.5 Å². The third-order valence-corrected chi connectivity index (χ3v) is 6.78. The molecule has 0 radical (unpaired) electrons. The van der Waals surface area contributed by atoms with Crippen LogP contribution in [0.15, 0.2) is 59.7 Å². The lowest BCUT2D eigenvalue weighted by atomic mass is 9.93. The molecule has 3 aromatic rings. The number of hydrogen-bond acceptors (Lipinski definition) is 7. The van der Waals surface area contributed by atoms with Crippen LogP contribution >= 0.6 is 0 Å². The summed E-state index contributed by atoms with van der Waals surface area (Å²) in [4.78, 5) is 0. The summed E-state index contributed by atoms with van der Waals surface area (Å²) in [5, 5.41) is 6.95. The normalized spacial score (nSPS) is 17.4. The van der Waals surface area contributed by atoms with Crippen molar-refractivity contribution < 1.29 is 28.1 Å². The molecule has 0 amide bonds. The van der Waals surface area contributed by atoms with E-state index in [1.54, 1.807) is 40.6 Å². The lowest BCUT2D eigenvalue weighted by molar-refractivity contribution is 0.158. The zero-order chi connectivity index (χ0) is 27.0. The molecule has 0 spiro atoms. The molecular weight excluding hydrogens is 487 g/mol. The van der Waals surface area contributed by atoms with E-state index in [-0.39, 0.29) is 11.9 Å². The Morgan fingerprint density at radius 2 is 1.55 bits per heavy atom. The summed E-state index contributed by atoms with van der Waals surface area (Å²) in [7, 11) is 6.40. The van der Waals surface area contributed by atoms with E-state index < -0.39 is 5.60 Å². The molecule has 7 nitrogen and oxygen atoms in total. The molecular formula is C30H31FN2O5. The van der Waals surface area contributed by atoms with Crippen LogP contribution in [-0.4, -0.2) is 39.8 Å². The Balaban J connectivity index is 1.65. The molecule has 198 valence electrons. The van der Waals surface area contributed by atoms with Gasteiger partial charge >= 0.3 is 0 Å². The van der Waals surface area contributed by atoms with Crippen molar-refractivity contribution >= 4 is 17.5 Å². The van der Waals surface area contributed by atoms with Crippen molar-refractivity contribution in [3.05, 3.63) is 77.1 Å². The Labute approximate surface area is 222 Å². The zero-order valence-electron chi connectivity index (χ0n) is 22.4. The maximum atomic E-state index is 13.8. The minimum atomic E-state index is -0.486. The highest BCUT2D eigenvalue weighted by atomic mass is 19.1. The van der Waals surface area contributed by atoms with Crippen LogP contribution in [0.25, 0.3) is 6.08 Å². The van der Waals surface area contributed by atoms with E-state index in [4.69, 9.17) is 28.8 Å². The van der Waals surface area contributed by atoms with Gasteiger partial charge in [-0.2, -0.15) is 5.10 Å². The Morgan fingerprint density at radius 1 is 0.895 bits per heavy atom. The van der Waals surface area contributed by atoms with Gasteiger partial charge in [-0.05, 0) is 80.1 Å². The van der Waals surface area contributed by atoms with Gasteiger partial charge in [0.2, 0.25) is 5.75 Å². The van der Waals surface area contributed by atoms with Crippen molar-refractivity contribution in [1.29, 1.82) is 0 Å². The third kappa shape index (κ3) is 4.51. The number of hydrogen-bond donors (Lipinski definition) is 0. The molecule has 0 saturated heterocycles. The van der Waals surface area contributed by atoms with Crippen LogP contribution in [0.2, 0.25) is 0 Å². The molecule has 1 unspecified atom stereocenters. The lowest BCUT2D eigenvalue weighted by Gasteiger charge is -2.30. The van der Waals surface area contributed by atoms with E-state index in [0.717, 1.165) is 39.6 Å². The van der Waals surface area contributed by atoms with E-state index in [1.807, 2.05) is 55.3 Å². The number of nitrogens with zero attached hydrogens (tertiary/aromatic N) is 2. The van der Waals surface area contributed by atoms with E-state index >= 15 is 0 Å². The van der Waals surface area contributed by atoms with Crippen LogP contribution in [0.1, 0.15) is 43.0 Å². The minimum Gasteiger partial charge on any atom is -0.496 e. The van der Waals surface area contributed by atoms with Crippen LogP contribution in [-0.2, 0) is 0 Å². The second-order valence-electron chi connectivity index (χ2n) is 9.64. The SMILES string of the molecule is COc1ccc(C2=NN(c3ccc(F)cc3)C(c3cc(OC)c(OC)c(OC)c3)C2)c2c1C=CC(C)(C)O2. The fourth-order valence-corrected chi connectivity index (χ4v) is 4.89. The molecule has 5 rings (SSSR count). The molecule has 38 heavy (non-hydrogen) atoms.